The molecule has 82 valence electrons. The number of ether oxygens (including phenoxy) is 1. The maximum Gasteiger partial charge on any atom is 0.127 e. The largest absolute Gasteiger partial charge is 0.496 e. The maximum atomic E-state index is 6.08. The Bertz CT molecular complexity index is 349. The van der Waals surface area contributed by atoms with Crippen molar-refractivity contribution >= 4 is 17.7 Å². The lowest BCUT2D eigenvalue weighted by molar-refractivity contribution is 0.414. The van der Waals surface area contributed by atoms with Crippen LogP contribution < -0.4 is 10.1 Å². The van der Waals surface area contributed by atoms with Gasteiger partial charge in [0.1, 0.15) is 5.75 Å². The number of benzene rings is 1. The van der Waals surface area contributed by atoms with Crippen LogP contribution in [0.3, 0.4) is 0 Å². The molecule has 1 unspecified atom stereocenters. The summed E-state index contributed by atoms with van der Waals surface area (Å²) in [5, 5.41) is 3.82. The molecular weight excluding hydrogens is 210 g/mol. The van der Waals surface area contributed by atoms with Crippen molar-refractivity contribution < 1.29 is 4.74 Å². The monoisotopic (exact) mass is 225 g/mol. The predicted octanol–water partition coefficient (Wildman–Crippen LogP) is 2.97. The standard InChI is InChI=1S/C12H16ClNO/c1-9(14-2)7-8-10-11(13)5-4-6-12(10)15-3/h4-9,14H,1-3H3/b8-7+. The van der Waals surface area contributed by atoms with E-state index in [1.807, 2.05) is 37.4 Å². The summed E-state index contributed by atoms with van der Waals surface area (Å²) in [7, 11) is 3.56. The molecule has 3 heteroatoms. The number of methoxy groups -OCH3 is 1. The van der Waals surface area contributed by atoms with Gasteiger partial charge in [-0.2, -0.15) is 0 Å². The Morgan fingerprint density at radius 1 is 1.47 bits per heavy atom. The zero-order valence-electron chi connectivity index (χ0n) is 9.25. The number of hydrogen-bond donors (Lipinski definition) is 1. The summed E-state index contributed by atoms with van der Waals surface area (Å²) in [6.45, 7) is 2.07. The van der Waals surface area contributed by atoms with Crippen molar-refractivity contribution in [2.45, 2.75) is 13.0 Å². The molecule has 2 nitrogen and oxygen atoms in total. The molecule has 0 aliphatic heterocycles. The Kier molecular flexibility index (Phi) is 4.66. The summed E-state index contributed by atoms with van der Waals surface area (Å²) in [6.07, 6.45) is 4.02. The minimum atomic E-state index is 0.311. The summed E-state index contributed by atoms with van der Waals surface area (Å²) < 4.78 is 5.24. The summed E-state index contributed by atoms with van der Waals surface area (Å²) >= 11 is 6.08. The Hall–Kier alpha value is -0.990. The molecule has 1 aromatic rings. The van der Waals surface area contributed by atoms with Crippen molar-refractivity contribution in [1.82, 2.24) is 5.32 Å². The fraction of sp³-hybridized carbons (Fsp3) is 0.333. The highest BCUT2D eigenvalue weighted by Crippen LogP contribution is 2.27. The number of rotatable bonds is 4. The first kappa shape index (κ1) is 12.1. The van der Waals surface area contributed by atoms with Gasteiger partial charge >= 0.3 is 0 Å². The maximum absolute atomic E-state index is 6.08. The molecular formula is C12H16ClNO. The zero-order chi connectivity index (χ0) is 11.3. The van der Waals surface area contributed by atoms with Gasteiger partial charge in [-0.15, -0.1) is 0 Å². The third-order valence-corrected chi connectivity index (χ3v) is 2.57. The van der Waals surface area contributed by atoms with Gasteiger partial charge in [0, 0.05) is 11.6 Å². The van der Waals surface area contributed by atoms with Gasteiger partial charge in [-0.1, -0.05) is 29.8 Å². The van der Waals surface area contributed by atoms with Gasteiger partial charge in [-0.25, -0.2) is 0 Å². The van der Waals surface area contributed by atoms with Crippen LogP contribution in [-0.4, -0.2) is 20.2 Å². The van der Waals surface area contributed by atoms with Crippen LogP contribution in [-0.2, 0) is 0 Å². The van der Waals surface area contributed by atoms with Gasteiger partial charge in [0.25, 0.3) is 0 Å². The van der Waals surface area contributed by atoms with E-state index in [1.165, 1.54) is 0 Å². The van der Waals surface area contributed by atoms with Gasteiger partial charge < -0.3 is 10.1 Å². The summed E-state index contributed by atoms with van der Waals surface area (Å²) in [6, 6.07) is 5.94. The molecule has 0 aromatic heterocycles. The van der Waals surface area contributed by atoms with Crippen molar-refractivity contribution in [3.8, 4) is 5.75 Å². The molecule has 0 spiro atoms. The van der Waals surface area contributed by atoms with Gasteiger partial charge in [0.2, 0.25) is 0 Å². The van der Waals surface area contributed by atoms with E-state index in [1.54, 1.807) is 7.11 Å². The topological polar surface area (TPSA) is 21.3 Å². The zero-order valence-corrected chi connectivity index (χ0v) is 10.0. The van der Waals surface area contributed by atoms with Gasteiger partial charge in [-0.05, 0) is 26.1 Å². The lowest BCUT2D eigenvalue weighted by atomic mass is 10.1. The second-order valence-corrected chi connectivity index (χ2v) is 3.70. The molecule has 1 N–H and O–H groups in total. The highest BCUT2D eigenvalue weighted by atomic mass is 35.5. The van der Waals surface area contributed by atoms with Crippen LogP contribution in [0, 0.1) is 0 Å². The van der Waals surface area contributed by atoms with Crippen LogP contribution in [0.4, 0.5) is 0 Å². The van der Waals surface area contributed by atoms with Crippen LogP contribution in [0.1, 0.15) is 12.5 Å². The minimum absolute atomic E-state index is 0.311. The van der Waals surface area contributed by atoms with Crippen LogP contribution in [0.15, 0.2) is 24.3 Å². The molecule has 0 radical (unpaired) electrons. The average Bonchev–Trinajstić information content (AvgIpc) is 2.26. The second kappa shape index (κ2) is 5.79. The summed E-state index contributed by atoms with van der Waals surface area (Å²) in [5.74, 6) is 0.794. The number of hydrogen-bond acceptors (Lipinski definition) is 2. The number of nitrogens with one attached hydrogen (secondary N) is 1. The second-order valence-electron chi connectivity index (χ2n) is 3.29. The van der Waals surface area contributed by atoms with E-state index in [-0.39, 0.29) is 0 Å². The molecule has 1 atom stereocenters. The van der Waals surface area contributed by atoms with Crippen molar-refractivity contribution in [2.75, 3.05) is 14.2 Å². The Morgan fingerprint density at radius 3 is 2.80 bits per heavy atom. The van der Waals surface area contributed by atoms with E-state index >= 15 is 0 Å². The third-order valence-electron chi connectivity index (χ3n) is 2.24. The number of likely N-dealkylation sites (N-methyl/N-ethyl adjacent to an activating group) is 1. The normalized spacial score (nSPS) is 13.1. The van der Waals surface area contributed by atoms with Crippen molar-refractivity contribution in [2.24, 2.45) is 0 Å². The summed E-state index contributed by atoms with van der Waals surface area (Å²) in [4.78, 5) is 0. The lowest BCUT2D eigenvalue weighted by Crippen LogP contribution is -2.17. The van der Waals surface area contributed by atoms with E-state index in [4.69, 9.17) is 16.3 Å². The molecule has 0 bridgehead atoms. The van der Waals surface area contributed by atoms with Crippen LogP contribution in [0.5, 0.6) is 5.75 Å². The Labute approximate surface area is 95.9 Å². The Balaban J connectivity index is 2.97. The van der Waals surface area contributed by atoms with E-state index in [0.717, 1.165) is 11.3 Å². The minimum Gasteiger partial charge on any atom is -0.496 e. The van der Waals surface area contributed by atoms with Gasteiger partial charge in [0.05, 0.1) is 12.1 Å². The molecule has 0 saturated carbocycles. The van der Waals surface area contributed by atoms with Crippen LogP contribution in [0.25, 0.3) is 6.08 Å². The van der Waals surface area contributed by atoms with Gasteiger partial charge in [-0.3, -0.25) is 0 Å². The molecule has 0 fully saturated rings. The van der Waals surface area contributed by atoms with Crippen LogP contribution in [0.2, 0.25) is 5.02 Å². The van der Waals surface area contributed by atoms with Crippen molar-refractivity contribution in [1.29, 1.82) is 0 Å². The predicted molar refractivity (Wildman–Crippen MR) is 65.6 cm³/mol. The number of halogens is 1. The van der Waals surface area contributed by atoms with E-state index in [2.05, 4.69) is 12.2 Å². The quantitative estimate of drug-likeness (QED) is 0.851. The van der Waals surface area contributed by atoms with Gasteiger partial charge in [0.15, 0.2) is 0 Å². The molecule has 1 aromatic carbocycles. The molecule has 0 aliphatic carbocycles. The first-order valence-electron chi connectivity index (χ1n) is 4.87. The van der Waals surface area contributed by atoms with E-state index in [9.17, 15) is 0 Å². The van der Waals surface area contributed by atoms with Crippen molar-refractivity contribution in [3.63, 3.8) is 0 Å². The fourth-order valence-corrected chi connectivity index (χ4v) is 1.42. The first-order valence-corrected chi connectivity index (χ1v) is 5.24. The smallest absolute Gasteiger partial charge is 0.127 e. The first-order chi connectivity index (χ1) is 7.19. The molecule has 1 rings (SSSR count). The average molecular weight is 226 g/mol. The highest BCUT2D eigenvalue weighted by Gasteiger charge is 2.03. The molecule has 0 amide bonds. The molecule has 0 saturated heterocycles. The van der Waals surface area contributed by atoms with Crippen LogP contribution >= 0.6 is 11.6 Å². The third kappa shape index (κ3) is 3.26. The fourth-order valence-electron chi connectivity index (χ4n) is 1.19. The highest BCUT2D eigenvalue weighted by molar-refractivity contribution is 6.32. The van der Waals surface area contributed by atoms with Crippen molar-refractivity contribution in [3.05, 3.63) is 34.9 Å². The summed E-state index contributed by atoms with van der Waals surface area (Å²) in [5.41, 5.74) is 0.920. The van der Waals surface area contributed by atoms with E-state index < -0.39 is 0 Å². The lowest BCUT2D eigenvalue weighted by Gasteiger charge is -2.07. The van der Waals surface area contributed by atoms with E-state index in [0.29, 0.717) is 11.1 Å². The molecule has 0 heterocycles. The SMILES string of the molecule is CNC(C)/C=C/c1c(Cl)cccc1OC. The Morgan fingerprint density at radius 2 is 2.20 bits per heavy atom. The molecule has 15 heavy (non-hydrogen) atoms. The molecule has 0 aliphatic rings.